The van der Waals surface area contributed by atoms with Gasteiger partial charge in [-0.05, 0) is 51.5 Å². The molecule has 3 rings (SSSR count). The Morgan fingerprint density at radius 1 is 1.27 bits per heavy atom. The standard InChI is InChI=1S/C16H24N4O2/c1-16(2,3)22-15(21)20-7-6-13(10-20)19-14-17-8-12(9-18-14)11-4-5-11/h8-9,11,13H,4-7,10H2,1-3H3,(H,17,18,19). The second-order valence-corrected chi connectivity index (χ2v) is 7.17. The molecular formula is C16H24N4O2. The van der Waals surface area contributed by atoms with Crippen molar-refractivity contribution >= 4 is 12.0 Å². The fraction of sp³-hybridized carbons (Fsp3) is 0.688. The van der Waals surface area contributed by atoms with E-state index in [1.165, 1.54) is 18.4 Å². The molecule has 1 saturated carbocycles. The number of amides is 1. The highest BCUT2D eigenvalue weighted by Crippen LogP contribution is 2.39. The quantitative estimate of drug-likeness (QED) is 0.930. The molecule has 1 N–H and O–H groups in total. The molecule has 6 nitrogen and oxygen atoms in total. The number of nitrogens with zero attached hydrogens (tertiary/aromatic N) is 3. The van der Waals surface area contributed by atoms with Crippen LogP contribution in [-0.2, 0) is 4.74 Å². The van der Waals surface area contributed by atoms with Crippen LogP contribution in [-0.4, -0.2) is 45.7 Å². The van der Waals surface area contributed by atoms with E-state index in [0.717, 1.165) is 6.42 Å². The van der Waals surface area contributed by atoms with Gasteiger partial charge < -0.3 is 15.0 Å². The van der Waals surface area contributed by atoms with Crippen LogP contribution in [0.2, 0.25) is 0 Å². The molecule has 1 aromatic rings. The van der Waals surface area contributed by atoms with Gasteiger partial charge in [0, 0.05) is 31.5 Å². The highest BCUT2D eigenvalue weighted by atomic mass is 16.6. The SMILES string of the molecule is CC(C)(C)OC(=O)N1CCC(Nc2ncc(C3CC3)cn2)C1. The minimum absolute atomic E-state index is 0.180. The van der Waals surface area contributed by atoms with Gasteiger partial charge in [0.2, 0.25) is 5.95 Å². The molecule has 1 atom stereocenters. The van der Waals surface area contributed by atoms with Crippen LogP contribution in [0.5, 0.6) is 0 Å². The van der Waals surface area contributed by atoms with Gasteiger partial charge in [-0.25, -0.2) is 14.8 Å². The Bertz CT molecular complexity index is 534. The Hall–Kier alpha value is -1.85. The molecule has 1 amide bonds. The topological polar surface area (TPSA) is 67.3 Å². The van der Waals surface area contributed by atoms with E-state index in [1.807, 2.05) is 33.2 Å². The number of carbonyl (C=O) groups excluding carboxylic acids is 1. The summed E-state index contributed by atoms with van der Waals surface area (Å²) < 4.78 is 5.40. The van der Waals surface area contributed by atoms with Crippen LogP contribution in [0.15, 0.2) is 12.4 Å². The van der Waals surface area contributed by atoms with E-state index >= 15 is 0 Å². The number of anilines is 1. The van der Waals surface area contributed by atoms with Crippen molar-refractivity contribution in [2.45, 2.75) is 57.6 Å². The van der Waals surface area contributed by atoms with Crippen molar-refractivity contribution in [1.82, 2.24) is 14.9 Å². The average molecular weight is 304 g/mol. The van der Waals surface area contributed by atoms with E-state index in [-0.39, 0.29) is 12.1 Å². The summed E-state index contributed by atoms with van der Waals surface area (Å²) in [7, 11) is 0. The van der Waals surface area contributed by atoms with E-state index in [2.05, 4.69) is 15.3 Å². The van der Waals surface area contributed by atoms with Crippen molar-refractivity contribution in [3.05, 3.63) is 18.0 Å². The number of nitrogens with one attached hydrogen (secondary N) is 1. The average Bonchev–Trinajstić information content (AvgIpc) is 3.17. The van der Waals surface area contributed by atoms with Crippen molar-refractivity contribution < 1.29 is 9.53 Å². The predicted octanol–water partition coefficient (Wildman–Crippen LogP) is 2.78. The number of ether oxygens (including phenoxy) is 1. The zero-order valence-corrected chi connectivity index (χ0v) is 13.5. The van der Waals surface area contributed by atoms with Crippen LogP contribution in [0, 0.1) is 0 Å². The van der Waals surface area contributed by atoms with Gasteiger partial charge in [-0.1, -0.05) is 0 Å². The lowest BCUT2D eigenvalue weighted by Gasteiger charge is -2.24. The fourth-order valence-electron chi connectivity index (χ4n) is 2.59. The van der Waals surface area contributed by atoms with Gasteiger partial charge in [-0.2, -0.15) is 0 Å². The summed E-state index contributed by atoms with van der Waals surface area (Å²) in [5.41, 5.74) is 0.775. The van der Waals surface area contributed by atoms with Gasteiger partial charge >= 0.3 is 6.09 Å². The molecule has 1 aliphatic heterocycles. The molecule has 0 aromatic carbocycles. The monoisotopic (exact) mass is 304 g/mol. The first-order chi connectivity index (χ1) is 10.4. The van der Waals surface area contributed by atoms with Crippen LogP contribution in [0.1, 0.15) is 51.5 Å². The summed E-state index contributed by atoms with van der Waals surface area (Å²) in [6.07, 6.45) is 6.96. The molecule has 2 fully saturated rings. The maximum absolute atomic E-state index is 12.0. The molecule has 6 heteroatoms. The highest BCUT2D eigenvalue weighted by molar-refractivity contribution is 5.68. The largest absolute Gasteiger partial charge is 0.444 e. The zero-order valence-electron chi connectivity index (χ0n) is 13.5. The van der Waals surface area contributed by atoms with Crippen molar-refractivity contribution in [1.29, 1.82) is 0 Å². The van der Waals surface area contributed by atoms with Gasteiger partial charge in [0.25, 0.3) is 0 Å². The summed E-state index contributed by atoms with van der Waals surface area (Å²) >= 11 is 0. The Morgan fingerprint density at radius 2 is 1.95 bits per heavy atom. The van der Waals surface area contributed by atoms with Crippen molar-refractivity contribution in [3.63, 3.8) is 0 Å². The molecule has 1 unspecified atom stereocenters. The number of hydrogen-bond acceptors (Lipinski definition) is 5. The van der Waals surface area contributed by atoms with Gasteiger partial charge in [-0.15, -0.1) is 0 Å². The Morgan fingerprint density at radius 3 is 2.55 bits per heavy atom. The lowest BCUT2D eigenvalue weighted by molar-refractivity contribution is 0.0293. The molecule has 0 radical (unpaired) electrons. The van der Waals surface area contributed by atoms with Crippen molar-refractivity contribution in [3.8, 4) is 0 Å². The predicted molar refractivity (Wildman–Crippen MR) is 83.8 cm³/mol. The molecule has 120 valence electrons. The van der Waals surface area contributed by atoms with E-state index in [1.54, 1.807) is 4.90 Å². The smallest absolute Gasteiger partial charge is 0.410 e. The molecule has 1 saturated heterocycles. The molecule has 1 aliphatic carbocycles. The summed E-state index contributed by atoms with van der Waals surface area (Å²) in [6, 6.07) is 0.180. The van der Waals surface area contributed by atoms with Crippen LogP contribution in [0.25, 0.3) is 0 Å². The Kier molecular flexibility index (Phi) is 3.93. The van der Waals surface area contributed by atoms with E-state index in [0.29, 0.717) is 25.0 Å². The van der Waals surface area contributed by atoms with Crippen molar-refractivity contribution in [2.24, 2.45) is 0 Å². The second-order valence-electron chi connectivity index (χ2n) is 7.17. The maximum atomic E-state index is 12.0. The molecule has 1 aromatic heterocycles. The van der Waals surface area contributed by atoms with Crippen LogP contribution >= 0.6 is 0 Å². The first kappa shape index (κ1) is 15.1. The van der Waals surface area contributed by atoms with Gasteiger partial charge in [-0.3, -0.25) is 0 Å². The fourth-order valence-corrected chi connectivity index (χ4v) is 2.59. The van der Waals surface area contributed by atoms with E-state index in [4.69, 9.17) is 4.74 Å². The molecule has 2 aliphatic rings. The van der Waals surface area contributed by atoms with Crippen LogP contribution in [0.3, 0.4) is 0 Å². The van der Waals surface area contributed by atoms with Gasteiger partial charge in [0.1, 0.15) is 5.60 Å². The second kappa shape index (κ2) is 5.74. The highest BCUT2D eigenvalue weighted by Gasteiger charge is 2.30. The number of carbonyl (C=O) groups is 1. The third-order valence-corrected chi connectivity index (χ3v) is 3.89. The molecule has 0 spiro atoms. The first-order valence-corrected chi connectivity index (χ1v) is 7.97. The summed E-state index contributed by atoms with van der Waals surface area (Å²) in [4.78, 5) is 22.5. The normalized spacial score (nSPS) is 21.8. The molecular weight excluding hydrogens is 280 g/mol. The number of rotatable bonds is 3. The number of hydrogen-bond donors (Lipinski definition) is 1. The molecule has 2 heterocycles. The summed E-state index contributed by atoms with van der Waals surface area (Å²) in [5, 5.41) is 3.30. The molecule has 0 bridgehead atoms. The zero-order chi connectivity index (χ0) is 15.7. The summed E-state index contributed by atoms with van der Waals surface area (Å²) in [5.74, 6) is 1.31. The van der Waals surface area contributed by atoms with Crippen molar-refractivity contribution in [2.75, 3.05) is 18.4 Å². The number of aromatic nitrogens is 2. The van der Waals surface area contributed by atoms with Crippen LogP contribution in [0.4, 0.5) is 10.7 Å². The third-order valence-electron chi connectivity index (χ3n) is 3.89. The first-order valence-electron chi connectivity index (χ1n) is 7.97. The lowest BCUT2D eigenvalue weighted by atomic mass is 10.2. The van der Waals surface area contributed by atoms with E-state index < -0.39 is 5.60 Å². The maximum Gasteiger partial charge on any atom is 0.410 e. The third kappa shape index (κ3) is 3.87. The van der Waals surface area contributed by atoms with Gasteiger partial charge in [0.15, 0.2) is 0 Å². The summed E-state index contributed by atoms with van der Waals surface area (Å²) in [6.45, 7) is 6.97. The van der Waals surface area contributed by atoms with E-state index in [9.17, 15) is 4.79 Å². The van der Waals surface area contributed by atoms with Crippen LogP contribution < -0.4 is 5.32 Å². The Labute approximate surface area is 131 Å². The minimum Gasteiger partial charge on any atom is -0.444 e. The molecule has 22 heavy (non-hydrogen) atoms. The Balaban J connectivity index is 1.51. The lowest BCUT2D eigenvalue weighted by Crippen LogP contribution is -2.36. The number of likely N-dealkylation sites (tertiary alicyclic amines) is 1. The van der Waals surface area contributed by atoms with Gasteiger partial charge in [0.05, 0.1) is 0 Å². The minimum atomic E-state index is -0.454.